The van der Waals surface area contributed by atoms with Crippen LogP contribution in [0, 0.1) is 12.8 Å². The first-order chi connectivity index (χ1) is 12.6. The fourth-order valence-corrected chi connectivity index (χ4v) is 3.57. The third-order valence-electron chi connectivity index (χ3n) is 5.04. The molecule has 2 N–H and O–H groups in total. The van der Waals surface area contributed by atoms with Gasteiger partial charge in [0.2, 0.25) is 11.9 Å². The monoisotopic (exact) mass is 370 g/mol. The molecule has 0 spiro atoms. The zero-order valence-corrected chi connectivity index (χ0v) is 16.9. The minimum Gasteiger partial charge on any atom is -0.386 e. The molecule has 0 saturated carbocycles. The van der Waals surface area contributed by atoms with Gasteiger partial charge in [-0.15, -0.1) is 0 Å². The third-order valence-corrected chi connectivity index (χ3v) is 5.04. The summed E-state index contributed by atoms with van der Waals surface area (Å²) in [5, 5.41) is 12.6. The highest BCUT2D eigenvalue weighted by Gasteiger charge is 2.21. The van der Waals surface area contributed by atoms with Crippen LogP contribution in [0.2, 0.25) is 0 Å². The maximum Gasteiger partial charge on any atom is 0.248 e. The lowest BCUT2D eigenvalue weighted by molar-refractivity contribution is -0.112. The summed E-state index contributed by atoms with van der Waals surface area (Å²) < 4.78 is 2.14. The fourth-order valence-electron chi connectivity index (χ4n) is 3.57. The Morgan fingerprint density at radius 1 is 1.41 bits per heavy atom. The topological polar surface area (TPSA) is 70.4 Å². The van der Waals surface area contributed by atoms with E-state index in [0.29, 0.717) is 5.92 Å². The highest BCUT2D eigenvalue weighted by Crippen LogP contribution is 2.29. The molecule has 2 heterocycles. The molecule has 0 aliphatic carbocycles. The van der Waals surface area contributed by atoms with Crippen LogP contribution >= 0.6 is 0 Å². The van der Waals surface area contributed by atoms with Gasteiger partial charge in [0.25, 0.3) is 0 Å². The van der Waals surface area contributed by atoms with E-state index in [1.807, 2.05) is 20.0 Å². The van der Waals surface area contributed by atoms with Crippen molar-refractivity contribution in [2.75, 3.05) is 23.3 Å². The predicted octanol–water partition coefficient (Wildman–Crippen LogP) is 3.38. The SMILES string of the molecule is Cc1cc2c(cc1NC(=O)/C=C/C(C)(C)O)nc(N1CCC[C@@H](C)C1)n2C. The Morgan fingerprint density at radius 2 is 2.15 bits per heavy atom. The Kier molecular flexibility index (Phi) is 5.29. The van der Waals surface area contributed by atoms with E-state index >= 15 is 0 Å². The van der Waals surface area contributed by atoms with Gasteiger partial charge in [-0.25, -0.2) is 4.98 Å². The Labute approximate surface area is 160 Å². The largest absolute Gasteiger partial charge is 0.386 e. The number of carbonyl (C=O) groups is 1. The average Bonchev–Trinajstić information content (AvgIpc) is 2.89. The second-order valence-electron chi connectivity index (χ2n) is 8.30. The second kappa shape index (κ2) is 7.35. The zero-order valence-electron chi connectivity index (χ0n) is 16.9. The first-order valence-corrected chi connectivity index (χ1v) is 9.58. The van der Waals surface area contributed by atoms with E-state index in [-0.39, 0.29) is 5.91 Å². The summed E-state index contributed by atoms with van der Waals surface area (Å²) in [6.45, 7) is 9.58. The highest BCUT2D eigenvalue weighted by atomic mass is 16.3. The number of aliphatic hydroxyl groups is 1. The number of aromatic nitrogens is 2. The molecule has 6 heteroatoms. The Morgan fingerprint density at radius 3 is 2.81 bits per heavy atom. The van der Waals surface area contributed by atoms with Crippen LogP contribution in [0.1, 0.15) is 39.2 Å². The minimum atomic E-state index is -1.02. The van der Waals surface area contributed by atoms with E-state index < -0.39 is 5.60 Å². The van der Waals surface area contributed by atoms with E-state index in [1.54, 1.807) is 13.8 Å². The minimum absolute atomic E-state index is 0.263. The summed E-state index contributed by atoms with van der Waals surface area (Å²) >= 11 is 0. The van der Waals surface area contributed by atoms with Crippen molar-refractivity contribution >= 4 is 28.6 Å². The molecule has 1 atom stereocenters. The van der Waals surface area contributed by atoms with Crippen LogP contribution in [-0.2, 0) is 11.8 Å². The van der Waals surface area contributed by atoms with E-state index in [2.05, 4.69) is 27.8 Å². The Balaban J connectivity index is 1.88. The number of aryl methyl sites for hydroxylation is 2. The van der Waals surface area contributed by atoms with Crippen molar-refractivity contribution in [2.45, 2.75) is 46.1 Å². The lowest BCUT2D eigenvalue weighted by atomic mass is 10.0. The molecule has 2 aromatic rings. The highest BCUT2D eigenvalue weighted by molar-refractivity contribution is 6.01. The summed E-state index contributed by atoms with van der Waals surface area (Å²) in [5.74, 6) is 1.40. The average molecular weight is 370 g/mol. The molecular weight excluding hydrogens is 340 g/mol. The lowest BCUT2D eigenvalue weighted by Gasteiger charge is -2.31. The quantitative estimate of drug-likeness (QED) is 0.810. The number of imidazole rings is 1. The molecule has 0 radical (unpaired) electrons. The molecule has 1 aliphatic heterocycles. The second-order valence-corrected chi connectivity index (χ2v) is 8.30. The number of rotatable bonds is 4. The summed E-state index contributed by atoms with van der Waals surface area (Å²) in [6, 6.07) is 3.99. The molecular formula is C21H30N4O2. The molecule has 1 amide bonds. The van der Waals surface area contributed by atoms with Gasteiger partial charge < -0.3 is 19.9 Å². The van der Waals surface area contributed by atoms with Crippen molar-refractivity contribution in [3.05, 3.63) is 29.8 Å². The number of benzene rings is 1. The van der Waals surface area contributed by atoms with E-state index in [9.17, 15) is 9.90 Å². The van der Waals surface area contributed by atoms with Crippen LogP contribution in [0.25, 0.3) is 11.0 Å². The van der Waals surface area contributed by atoms with E-state index in [1.165, 1.54) is 25.0 Å². The van der Waals surface area contributed by atoms with Gasteiger partial charge in [0.1, 0.15) is 0 Å². The number of hydrogen-bond acceptors (Lipinski definition) is 4. The molecule has 27 heavy (non-hydrogen) atoms. The van der Waals surface area contributed by atoms with Crippen LogP contribution < -0.4 is 10.2 Å². The lowest BCUT2D eigenvalue weighted by Crippen LogP contribution is -2.35. The summed E-state index contributed by atoms with van der Waals surface area (Å²) in [5.41, 5.74) is 2.64. The smallest absolute Gasteiger partial charge is 0.248 e. The van der Waals surface area contributed by atoms with Crippen molar-refractivity contribution < 1.29 is 9.90 Å². The third kappa shape index (κ3) is 4.50. The van der Waals surface area contributed by atoms with Crippen molar-refractivity contribution in [1.29, 1.82) is 0 Å². The molecule has 0 bridgehead atoms. The first-order valence-electron chi connectivity index (χ1n) is 9.58. The van der Waals surface area contributed by atoms with E-state index in [0.717, 1.165) is 41.3 Å². The number of amides is 1. The van der Waals surface area contributed by atoms with Crippen LogP contribution in [0.15, 0.2) is 24.3 Å². The van der Waals surface area contributed by atoms with Gasteiger partial charge in [0.15, 0.2) is 0 Å². The van der Waals surface area contributed by atoms with Crippen LogP contribution in [0.5, 0.6) is 0 Å². The Bertz CT molecular complexity index is 876. The van der Waals surface area contributed by atoms with Gasteiger partial charge in [0.05, 0.1) is 16.6 Å². The molecule has 6 nitrogen and oxygen atoms in total. The van der Waals surface area contributed by atoms with Gasteiger partial charge in [-0.1, -0.05) is 6.92 Å². The molecule has 1 aliphatic rings. The van der Waals surface area contributed by atoms with Gasteiger partial charge in [-0.3, -0.25) is 4.79 Å². The maximum atomic E-state index is 12.2. The summed E-state index contributed by atoms with van der Waals surface area (Å²) in [6.07, 6.45) is 5.31. The van der Waals surface area contributed by atoms with E-state index in [4.69, 9.17) is 4.98 Å². The number of carbonyl (C=O) groups excluding carboxylic acids is 1. The summed E-state index contributed by atoms with van der Waals surface area (Å²) in [4.78, 5) is 19.4. The number of piperidine rings is 1. The zero-order chi connectivity index (χ0) is 19.8. The number of nitrogens with zero attached hydrogens (tertiary/aromatic N) is 3. The van der Waals surface area contributed by atoms with Gasteiger partial charge in [-0.2, -0.15) is 0 Å². The van der Waals surface area contributed by atoms with Gasteiger partial charge in [0, 0.05) is 31.9 Å². The van der Waals surface area contributed by atoms with Gasteiger partial charge in [-0.05, 0) is 63.3 Å². The van der Waals surface area contributed by atoms with Crippen LogP contribution in [-0.4, -0.2) is 39.3 Å². The number of anilines is 2. The molecule has 0 unspecified atom stereocenters. The molecule has 1 aromatic carbocycles. The number of nitrogens with one attached hydrogen (secondary N) is 1. The maximum absolute atomic E-state index is 12.2. The standard InChI is InChI=1S/C21H30N4O2/c1-14-7-6-10-25(13-14)20-23-17-12-16(15(2)11-18(17)24(20)5)22-19(26)8-9-21(3,4)27/h8-9,11-12,14,27H,6-7,10,13H2,1-5H3,(H,22,26)/b9-8+/t14-/m1/s1. The number of hydrogen-bond donors (Lipinski definition) is 2. The molecule has 1 fully saturated rings. The Hall–Kier alpha value is -2.34. The molecule has 1 aromatic heterocycles. The first kappa shape index (κ1) is 19.4. The molecule has 146 valence electrons. The van der Waals surface area contributed by atoms with Crippen molar-refractivity contribution in [3.8, 4) is 0 Å². The van der Waals surface area contributed by atoms with Gasteiger partial charge >= 0.3 is 0 Å². The predicted molar refractivity (Wildman–Crippen MR) is 110 cm³/mol. The van der Waals surface area contributed by atoms with Crippen molar-refractivity contribution in [3.63, 3.8) is 0 Å². The fraction of sp³-hybridized carbons (Fsp3) is 0.524. The number of fused-ring (bicyclic) bond motifs is 1. The molecule has 3 rings (SSSR count). The van der Waals surface area contributed by atoms with Crippen molar-refractivity contribution in [2.24, 2.45) is 13.0 Å². The normalized spacial score (nSPS) is 18.4. The van der Waals surface area contributed by atoms with Crippen LogP contribution in [0.3, 0.4) is 0 Å². The van der Waals surface area contributed by atoms with Crippen LogP contribution in [0.4, 0.5) is 11.6 Å². The molecule has 1 saturated heterocycles. The van der Waals surface area contributed by atoms with Crippen molar-refractivity contribution in [1.82, 2.24) is 9.55 Å². The summed E-state index contributed by atoms with van der Waals surface area (Å²) in [7, 11) is 2.05.